The summed E-state index contributed by atoms with van der Waals surface area (Å²) in [6.07, 6.45) is 0.382. The minimum atomic E-state index is -3.62. The van der Waals surface area contributed by atoms with Gasteiger partial charge in [0.1, 0.15) is 5.82 Å². The fraction of sp³-hybridized carbons (Fsp3) is 0.500. The Morgan fingerprint density at radius 3 is 2.56 bits per heavy atom. The standard InChI is InChI=1S/C12H18FNO3S/c1-3-14(7-4-8-15)18(16,17)12-6-5-11(13)9-10(12)2/h5-6,9,15H,3-4,7-8H2,1-2H3. The van der Waals surface area contributed by atoms with E-state index in [1.165, 1.54) is 16.4 Å². The van der Waals surface area contributed by atoms with Crippen LogP contribution in [0.5, 0.6) is 0 Å². The number of hydrogen-bond acceptors (Lipinski definition) is 3. The fourth-order valence-electron chi connectivity index (χ4n) is 1.74. The van der Waals surface area contributed by atoms with E-state index >= 15 is 0 Å². The van der Waals surface area contributed by atoms with Crippen molar-refractivity contribution in [3.05, 3.63) is 29.6 Å². The van der Waals surface area contributed by atoms with Crippen LogP contribution in [0.2, 0.25) is 0 Å². The van der Waals surface area contributed by atoms with Crippen molar-refractivity contribution in [2.24, 2.45) is 0 Å². The van der Waals surface area contributed by atoms with Crippen molar-refractivity contribution in [2.45, 2.75) is 25.2 Å². The molecule has 1 aromatic rings. The van der Waals surface area contributed by atoms with Gasteiger partial charge in [0, 0.05) is 19.7 Å². The van der Waals surface area contributed by atoms with Crippen molar-refractivity contribution in [3.8, 4) is 0 Å². The van der Waals surface area contributed by atoms with Gasteiger partial charge in [-0.3, -0.25) is 0 Å². The summed E-state index contributed by atoms with van der Waals surface area (Å²) in [5.74, 6) is -0.454. The normalized spacial score (nSPS) is 12.1. The molecule has 102 valence electrons. The van der Waals surface area contributed by atoms with Crippen molar-refractivity contribution in [1.29, 1.82) is 0 Å². The minimum Gasteiger partial charge on any atom is -0.396 e. The highest BCUT2D eigenvalue weighted by atomic mass is 32.2. The van der Waals surface area contributed by atoms with Crippen LogP contribution >= 0.6 is 0 Å². The maximum Gasteiger partial charge on any atom is 0.243 e. The third kappa shape index (κ3) is 3.28. The molecule has 6 heteroatoms. The molecule has 0 fully saturated rings. The van der Waals surface area contributed by atoms with Crippen LogP contribution in [0, 0.1) is 12.7 Å². The Morgan fingerprint density at radius 1 is 1.39 bits per heavy atom. The zero-order valence-electron chi connectivity index (χ0n) is 10.6. The molecule has 1 N–H and O–H groups in total. The molecule has 0 radical (unpaired) electrons. The molecule has 0 aliphatic carbocycles. The van der Waals surface area contributed by atoms with Gasteiger partial charge in [-0.15, -0.1) is 0 Å². The summed E-state index contributed by atoms with van der Waals surface area (Å²) in [6, 6.07) is 3.62. The molecule has 0 atom stereocenters. The number of aliphatic hydroxyl groups is 1. The first-order valence-corrected chi connectivity index (χ1v) is 7.24. The van der Waals surface area contributed by atoms with Crippen molar-refractivity contribution < 1.29 is 17.9 Å². The molecule has 1 rings (SSSR count). The van der Waals surface area contributed by atoms with E-state index in [1.807, 2.05) is 0 Å². The Labute approximate surface area is 107 Å². The second-order valence-corrected chi connectivity index (χ2v) is 5.89. The van der Waals surface area contributed by atoms with Gasteiger partial charge in [0.2, 0.25) is 10.0 Å². The molecule has 0 amide bonds. The fourth-order valence-corrected chi connectivity index (χ4v) is 3.43. The van der Waals surface area contributed by atoms with E-state index in [4.69, 9.17) is 5.11 Å². The lowest BCUT2D eigenvalue weighted by atomic mass is 10.2. The van der Waals surface area contributed by atoms with E-state index in [0.717, 1.165) is 6.07 Å². The molecule has 1 aromatic carbocycles. The van der Waals surface area contributed by atoms with Gasteiger partial charge in [-0.05, 0) is 37.1 Å². The van der Waals surface area contributed by atoms with Gasteiger partial charge in [0.15, 0.2) is 0 Å². The zero-order valence-corrected chi connectivity index (χ0v) is 11.4. The van der Waals surface area contributed by atoms with Gasteiger partial charge < -0.3 is 5.11 Å². The van der Waals surface area contributed by atoms with E-state index in [9.17, 15) is 12.8 Å². The van der Waals surface area contributed by atoms with Crippen LogP contribution in [0.4, 0.5) is 4.39 Å². The first-order chi connectivity index (χ1) is 8.43. The summed E-state index contributed by atoms with van der Waals surface area (Å²) in [4.78, 5) is 0.115. The third-order valence-electron chi connectivity index (χ3n) is 2.67. The number of hydrogen-bond donors (Lipinski definition) is 1. The summed E-state index contributed by atoms with van der Waals surface area (Å²) < 4.78 is 38.9. The summed E-state index contributed by atoms with van der Waals surface area (Å²) in [6.45, 7) is 3.81. The van der Waals surface area contributed by atoms with Gasteiger partial charge in [-0.2, -0.15) is 4.31 Å². The van der Waals surface area contributed by atoms with Crippen LogP contribution in [-0.4, -0.2) is 37.5 Å². The Balaban J connectivity index is 3.10. The van der Waals surface area contributed by atoms with Crippen LogP contribution in [0.25, 0.3) is 0 Å². The lowest BCUT2D eigenvalue weighted by Gasteiger charge is -2.21. The molecule has 0 aromatic heterocycles. The van der Waals surface area contributed by atoms with Gasteiger partial charge in [0.25, 0.3) is 0 Å². The van der Waals surface area contributed by atoms with Crippen LogP contribution in [0.1, 0.15) is 18.9 Å². The maximum atomic E-state index is 13.0. The lowest BCUT2D eigenvalue weighted by molar-refractivity contribution is 0.271. The molecular weight excluding hydrogens is 257 g/mol. The van der Waals surface area contributed by atoms with E-state index in [0.29, 0.717) is 18.5 Å². The SMILES string of the molecule is CCN(CCCO)S(=O)(=O)c1ccc(F)cc1C. The van der Waals surface area contributed by atoms with Crippen LogP contribution in [0.15, 0.2) is 23.1 Å². The molecule has 0 aliphatic rings. The molecule has 0 spiro atoms. The Hall–Kier alpha value is -0.980. The minimum absolute atomic E-state index is 0.0611. The molecule has 0 bridgehead atoms. The van der Waals surface area contributed by atoms with Gasteiger partial charge in [-0.25, -0.2) is 12.8 Å². The molecule has 0 saturated heterocycles. The highest BCUT2D eigenvalue weighted by molar-refractivity contribution is 7.89. The van der Waals surface area contributed by atoms with Crippen molar-refractivity contribution >= 4 is 10.0 Å². The summed E-state index contributed by atoms with van der Waals surface area (Å²) >= 11 is 0. The number of halogens is 1. The number of aliphatic hydroxyl groups excluding tert-OH is 1. The summed E-state index contributed by atoms with van der Waals surface area (Å²) in [5.41, 5.74) is 0.387. The molecule has 4 nitrogen and oxygen atoms in total. The largest absolute Gasteiger partial charge is 0.396 e. The van der Waals surface area contributed by atoms with Gasteiger partial charge in [-0.1, -0.05) is 6.92 Å². The maximum absolute atomic E-state index is 13.0. The smallest absolute Gasteiger partial charge is 0.243 e. The van der Waals surface area contributed by atoms with E-state index in [1.54, 1.807) is 13.8 Å². The molecule has 18 heavy (non-hydrogen) atoms. The number of rotatable bonds is 6. The lowest BCUT2D eigenvalue weighted by Crippen LogP contribution is -2.32. The monoisotopic (exact) mass is 275 g/mol. The van der Waals surface area contributed by atoms with Gasteiger partial charge >= 0.3 is 0 Å². The van der Waals surface area contributed by atoms with E-state index < -0.39 is 15.8 Å². The van der Waals surface area contributed by atoms with Gasteiger partial charge in [0.05, 0.1) is 4.90 Å². The first kappa shape index (κ1) is 15.1. The highest BCUT2D eigenvalue weighted by Crippen LogP contribution is 2.20. The Kier molecular flexibility index (Phi) is 5.25. The van der Waals surface area contributed by atoms with Crippen molar-refractivity contribution in [2.75, 3.05) is 19.7 Å². The Morgan fingerprint density at radius 2 is 2.06 bits per heavy atom. The molecule has 0 saturated carbocycles. The predicted octanol–water partition coefficient (Wildman–Crippen LogP) is 1.53. The molecule has 0 unspecified atom stereocenters. The van der Waals surface area contributed by atoms with E-state index in [2.05, 4.69) is 0 Å². The number of benzene rings is 1. The topological polar surface area (TPSA) is 57.6 Å². The molecular formula is C12H18FNO3S. The van der Waals surface area contributed by atoms with E-state index in [-0.39, 0.29) is 18.0 Å². The third-order valence-corrected chi connectivity index (χ3v) is 4.81. The second kappa shape index (κ2) is 6.26. The highest BCUT2D eigenvalue weighted by Gasteiger charge is 2.24. The number of sulfonamides is 1. The second-order valence-electron chi connectivity index (χ2n) is 3.98. The van der Waals surface area contributed by atoms with Crippen LogP contribution in [0.3, 0.4) is 0 Å². The van der Waals surface area contributed by atoms with Crippen LogP contribution in [-0.2, 0) is 10.0 Å². The van der Waals surface area contributed by atoms with Crippen LogP contribution < -0.4 is 0 Å². The summed E-state index contributed by atoms with van der Waals surface area (Å²) in [7, 11) is -3.62. The van der Waals surface area contributed by atoms with Crippen molar-refractivity contribution in [1.82, 2.24) is 4.31 Å². The van der Waals surface area contributed by atoms with Crippen molar-refractivity contribution in [3.63, 3.8) is 0 Å². The quantitative estimate of drug-likeness (QED) is 0.856. The first-order valence-electron chi connectivity index (χ1n) is 5.80. The average molecular weight is 275 g/mol. The average Bonchev–Trinajstić information content (AvgIpc) is 2.29. The predicted molar refractivity (Wildman–Crippen MR) is 67.3 cm³/mol. The Bertz CT molecular complexity index is 502. The molecule has 0 aliphatic heterocycles. The summed E-state index contributed by atoms with van der Waals surface area (Å²) in [5, 5.41) is 8.77. The number of nitrogens with zero attached hydrogens (tertiary/aromatic N) is 1. The molecule has 0 heterocycles. The number of aryl methyl sites for hydroxylation is 1. The zero-order chi connectivity index (χ0) is 13.8.